The molecule has 1 aromatic carbocycles. The third-order valence-corrected chi connectivity index (χ3v) is 2.38. The fourth-order valence-electron chi connectivity index (χ4n) is 1.19. The molecular formula is C10H9BrN2. The summed E-state index contributed by atoms with van der Waals surface area (Å²) >= 11 is 3.40. The van der Waals surface area contributed by atoms with Crippen molar-refractivity contribution >= 4 is 27.8 Å². The number of anilines is 1. The van der Waals surface area contributed by atoms with E-state index in [0.717, 1.165) is 10.2 Å². The van der Waals surface area contributed by atoms with Crippen molar-refractivity contribution < 1.29 is 0 Å². The largest absolute Gasteiger partial charge is 0.328 e. The highest BCUT2D eigenvalue weighted by Gasteiger charge is 2.02. The molecule has 0 atom stereocenters. The molecule has 1 heterocycles. The molecule has 0 aromatic heterocycles. The van der Waals surface area contributed by atoms with Gasteiger partial charge in [0, 0.05) is 22.6 Å². The first-order valence-corrected chi connectivity index (χ1v) is 4.84. The summed E-state index contributed by atoms with van der Waals surface area (Å²) in [6.07, 6.45) is 5.77. The van der Waals surface area contributed by atoms with Crippen LogP contribution in [0.25, 0.3) is 0 Å². The van der Waals surface area contributed by atoms with Crippen molar-refractivity contribution in [3.8, 4) is 0 Å². The molecule has 0 radical (unpaired) electrons. The second-order valence-corrected chi connectivity index (χ2v) is 3.68. The zero-order valence-electron chi connectivity index (χ0n) is 7.02. The first-order chi connectivity index (χ1) is 6.36. The Hall–Kier alpha value is -1.09. The van der Waals surface area contributed by atoms with E-state index < -0.39 is 0 Å². The van der Waals surface area contributed by atoms with Crippen LogP contribution in [0.15, 0.2) is 46.0 Å². The topological polar surface area (TPSA) is 15.6 Å². The third-order valence-electron chi connectivity index (χ3n) is 1.85. The van der Waals surface area contributed by atoms with E-state index in [0.29, 0.717) is 6.67 Å². The summed E-state index contributed by atoms with van der Waals surface area (Å²) in [5.41, 5.74) is 1.16. The summed E-state index contributed by atoms with van der Waals surface area (Å²) in [4.78, 5) is 6.25. The van der Waals surface area contributed by atoms with Crippen molar-refractivity contribution in [2.75, 3.05) is 11.6 Å². The van der Waals surface area contributed by atoms with Gasteiger partial charge in [0.25, 0.3) is 0 Å². The molecule has 0 spiro atoms. The maximum Gasteiger partial charge on any atom is 0.114 e. The number of nitrogens with zero attached hydrogens (tertiary/aromatic N) is 2. The number of rotatable bonds is 1. The summed E-state index contributed by atoms with van der Waals surface area (Å²) < 4.78 is 1.10. The average Bonchev–Trinajstić information content (AvgIpc) is 2.20. The maximum absolute atomic E-state index is 4.16. The summed E-state index contributed by atoms with van der Waals surface area (Å²) in [5.74, 6) is 0. The second-order valence-electron chi connectivity index (χ2n) is 2.76. The zero-order valence-corrected chi connectivity index (χ0v) is 8.61. The highest BCUT2D eigenvalue weighted by molar-refractivity contribution is 9.10. The summed E-state index contributed by atoms with van der Waals surface area (Å²) in [5, 5.41) is 0. The highest BCUT2D eigenvalue weighted by Crippen LogP contribution is 2.19. The predicted molar refractivity (Wildman–Crippen MR) is 59.1 cm³/mol. The molecule has 0 saturated carbocycles. The van der Waals surface area contributed by atoms with E-state index in [4.69, 9.17) is 0 Å². The van der Waals surface area contributed by atoms with E-state index in [2.05, 4.69) is 38.0 Å². The van der Waals surface area contributed by atoms with Crippen molar-refractivity contribution in [1.29, 1.82) is 0 Å². The fraction of sp³-hybridized carbons (Fsp3) is 0.100. The van der Waals surface area contributed by atoms with Gasteiger partial charge in [-0.3, -0.25) is 4.99 Å². The van der Waals surface area contributed by atoms with Crippen LogP contribution in [0.5, 0.6) is 0 Å². The van der Waals surface area contributed by atoms with Crippen molar-refractivity contribution in [2.45, 2.75) is 0 Å². The van der Waals surface area contributed by atoms with Crippen molar-refractivity contribution in [2.24, 2.45) is 4.99 Å². The normalized spacial score (nSPS) is 15.0. The maximum atomic E-state index is 4.16. The Balaban J connectivity index is 2.21. The number of benzene rings is 1. The number of hydrogen-bond donors (Lipinski definition) is 0. The van der Waals surface area contributed by atoms with Gasteiger partial charge in [0.1, 0.15) is 6.67 Å². The van der Waals surface area contributed by atoms with Crippen LogP contribution in [0.2, 0.25) is 0 Å². The van der Waals surface area contributed by atoms with E-state index in [1.54, 1.807) is 0 Å². The van der Waals surface area contributed by atoms with Crippen molar-refractivity contribution in [3.05, 3.63) is 41.0 Å². The van der Waals surface area contributed by atoms with Crippen LogP contribution in [-0.4, -0.2) is 12.9 Å². The van der Waals surface area contributed by atoms with Crippen molar-refractivity contribution in [1.82, 2.24) is 0 Å². The molecule has 3 heteroatoms. The number of halogens is 1. The highest BCUT2D eigenvalue weighted by atomic mass is 79.9. The Morgan fingerprint density at radius 1 is 1.23 bits per heavy atom. The molecule has 1 aliphatic heterocycles. The van der Waals surface area contributed by atoms with Gasteiger partial charge < -0.3 is 4.90 Å². The van der Waals surface area contributed by atoms with Crippen LogP contribution in [0.4, 0.5) is 5.69 Å². The Bertz CT molecular complexity index is 340. The van der Waals surface area contributed by atoms with Gasteiger partial charge in [0.15, 0.2) is 0 Å². The summed E-state index contributed by atoms with van der Waals surface area (Å²) in [7, 11) is 0. The Labute approximate surface area is 85.7 Å². The molecule has 0 aliphatic carbocycles. The van der Waals surface area contributed by atoms with Crippen LogP contribution >= 0.6 is 15.9 Å². The van der Waals surface area contributed by atoms with Gasteiger partial charge in [-0.25, -0.2) is 0 Å². The van der Waals surface area contributed by atoms with Gasteiger partial charge in [0.2, 0.25) is 0 Å². The van der Waals surface area contributed by atoms with Gasteiger partial charge >= 0.3 is 0 Å². The number of hydrogen-bond acceptors (Lipinski definition) is 2. The Kier molecular flexibility index (Phi) is 2.45. The van der Waals surface area contributed by atoms with Crippen LogP contribution in [0.1, 0.15) is 0 Å². The van der Waals surface area contributed by atoms with E-state index in [-0.39, 0.29) is 0 Å². The Morgan fingerprint density at radius 2 is 2.00 bits per heavy atom. The monoisotopic (exact) mass is 236 g/mol. The SMILES string of the molecule is Brc1ccc(N2C=CC=NC2)cc1. The molecule has 66 valence electrons. The second kappa shape index (κ2) is 3.75. The zero-order chi connectivity index (χ0) is 9.10. The lowest BCUT2D eigenvalue weighted by atomic mass is 10.3. The number of aliphatic imine (C=N–C) groups is 1. The molecular weight excluding hydrogens is 228 g/mol. The lowest BCUT2D eigenvalue weighted by molar-refractivity contribution is 0.970. The van der Waals surface area contributed by atoms with Crippen LogP contribution in [0.3, 0.4) is 0 Å². The minimum Gasteiger partial charge on any atom is -0.328 e. The first kappa shape index (κ1) is 8.51. The molecule has 0 amide bonds. The van der Waals surface area contributed by atoms with Crippen LogP contribution < -0.4 is 4.90 Å². The van der Waals surface area contributed by atoms with Crippen LogP contribution in [0, 0.1) is 0 Å². The molecule has 13 heavy (non-hydrogen) atoms. The van der Waals surface area contributed by atoms with Crippen molar-refractivity contribution in [3.63, 3.8) is 0 Å². The predicted octanol–water partition coefficient (Wildman–Crippen LogP) is 2.81. The minimum atomic E-state index is 0.706. The minimum absolute atomic E-state index is 0.706. The first-order valence-electron chi connectivity index (χ1n) is 4.05. The molecule has 1 aromatic rings. The van der Waals surface area contributed by atoms with Gasteiger partial charge in [-0.1, -0.05) is 15.9 Å². The lowest BCUT2D eigenvalue weighted by Crippen LogP contribution is -2.17. The van der Waals surface area contributed by atoms with Gasteiger partial charge in [0.05, 0.1) is 0 Å². The molecule has 2 rings (SSSR count). The molecule has 0 unspecified atom stereocenters. The molecule has 0 fully saturated rings. The molecule has 1 aliphatic rings. The van der Waals surface area contributed by atoms with Gasteiger partial charge in [-0.05, 0) is 30.3 Å². The third kappa shape index (κ3) is 1.98. The Morgan fingerprint density at radius 3 is 2.62 bits per heavy atom. The smallest absolute Gasteiger partial charge is 0.114 e. The average molecular weight is 237 g/mol. The quantitative estimate of drug-likeness (QED) is 0.733. The van der Waals surface area contributed by atoms with Crippen LogP contribution in [-0.2, 0) is 0 Å². The standard InChI is InChI=1S/C10H9BrN2/c11-9-2-4-10(5-3-9)13-7-1-6-12-8-13/h1-7H,8H2. The van der Waals surface area contributed by atoms with E-state index in [1.165, 1.54) is 0 Å². The lowest BCUT2D eigenvalue weighted by Gasteiger charge is -2.19. The molecule has 0 bridgehead atoms. The summed E-state index contributed by atoms with van der Waals surface area (Å²) in [6.45, 7) is 0.706. The fourth-order valence-corrected chi connectivity index (χ4v) is 1.45. The van der Waals surface area contributed by atoms with Gasteiger partial charge in [-0.15, -0.1) is 0 Å². The van der Waals surface area contributed by atoms with E-state index in [9.17, 15) is 0 Å². The van der Waals surface area contributed by atoms with E-state index in [1.807, 2.05) is 30.6 Å². The van der Waals surface area contributed by atoms with E-state index >= 15 is 0 Å². The number of allylic oxidation sites excluding steroid dienone is 1. The molecule has 0 N–H and O–H groups in total. The van der Waals surface area contributed by atoms with Gasteiger partial charge in [-0.2, -0.15) is 0 Å². The molecule has 0 saturated heterocycles. The molecule has 2 nitrogen and oxygen atoms in total. The summed E-state index contributed by atoms with van der Waals surface area (Å²) in [6, 6.07) is 8.19.